The van der Waals surface area contributed by atoms with Gasteiger partial charge in [0.1, 0.15) is 5.69 Å². The fourth-order valence-electron chi connectivity index (χ4n) is 1.71. The Balaban J connectivity index is 2.43. The Labute approximate surface area is 114 Å². The number of nitrogens with one attached hydrogen (secondary N) is 1. The SMILES string of the molecule is CCCn1ncc(N)c1C(=O)NCCCOC(C)C. The number of ether oxygens (including phenoxy) is 1. The van der Waals surface area contributed by atoms with E-state index < -0.39 is 0 Å². The van der Waals surface area contributed by atoms with Crippen molar-refractivity contribution in [3.8, 4) is 0 Å². The lowest BCUT2D eigenvalue weighted by atomic mass is 10.3. The Morgan fingerprint density at radius 3 is 2.95 bits per heavy atom. The zero-order chi connectivity index (χ0) is 14.3. The van der Waals surface area contributed by atoms with E-state index in [1.807, 2.05) is 20.8 Å². The summed E-state index contributed by atoms with van der Waals surface area (Å²) >= 11 is 0. The fraction of sp³-hybridized carbons (Fsp3) is 0.692. The second-order valence-electron chi connectivity index (χ2n) is 4.70. The number of nitrogens with two attached hydrogens (primary N) is 1. The van der Waals surface area contributed by atoms with Crippen LogP contribution in [0.1, 0.15) is 44.1 Å². The predicted octanol–water partition coefficient (Wildman–Crippen LogP) is 1.42. The van der Waals surface area contributed by atoms with E-state index in [0.717, 1.165) is 12.8 Å². The standard InChI is InChI=1S/C13H24N4O2/c1-4-7-17-12(11(14)9-16-17)13(18)15-6-5-8-19-10(2)3/h9-10H,4-8,14H2,1-3H3,(H,15,18). The van der Waals surface area contributed by atoms with Gasteiger partial charge in [-0.3, -0.25) is 9.48 Å². The van der Waals surface area contributed by atoms with Crippen molar-refractivity contribution in [1.29, 1.82) is 0 Å². The van der Waals surface area contributed by atoms with Crippen LogP contribution in [0.25, 0.3) is 0 Å². The molecule has 0 saturated heterocycles. The Kier molecular flexibility index (Phi) is 6.35. The first-order valence-electron chi connectivity index (χ1n) is 6.77. The summed E-state index contributed by atoms with van der Waals surface area (Å²) in [4.78, 5) is 12.0. The van der Waals surface area contributed by atoms with Crippen LogP contribution in [0, 0.1) is 0 Å². The Morgan fingerprint density at radius 2 is 2.32 bits per heavy atom. The molecule has 19 heavy (non-hydrogen) atoms. The molecule has 0 unspecified atom stereocenters. The molecule has 1 rings (SSSR count). The monoisotopic (exact) mass is 268 g/mol. The van der Waals surface area contributed by atoms with E-state index in [1.165, 1.54) is 6.20 Å². The van der Waals surface area contributed by atoms with Gasteiger partial charge < -0.3 is 15.8 Å². The summed E-state index contributed by atoms with van der Waals surface area (Å²) in [6.45, 7) is 7.91. The predicted molar refractivity (Wildman–Crippen MR) is 75.0 cm³/mol. The van der Waals surface area contributed by atoms with E-state index in [0.29, 0.717) is 31.1 Å². The summed E-state index contributed by atoms with van der Waals surface area (Å²) < 4.78 is 7.05. The first-order chi connectivity index (χ1) is 9.06. The molecular formula is C13H24N4O2. The summed E-state index contributed by atoms with van der Waals surface area (Å²) in [6, 6.07) is 0. The lowest BCUT2D eigenvalue weighted by Crippen LogP contribution is -2.28. The maximum absolute atomic E-state index is 12.0. The molecule has 1 heterocycles. The lowest BCUT2D eigenvalue weighted by Gasteiger charge is -2.10. The molecule has 0 fully saturated rings. The number of carbonyl (C=O) groups excluding carboxylic acids is 1. The molecule has 0 radical (unpaired) electrons. The van der Waals surface area contributed by atoms with Crippen LogP contribution in [-0.4, -0.2) is 34.9 Å². The van der Waals surface area contributed by atoms with E-state index in [-0.39, 0.29) is 12.0 Å². The summed E-state index contributed by atoms with van der Waals surface area (Å²) in [6.07, 6.45) is 3.43. The molecule has 0 aliphatic heterocycles. The zero-order valence-corrected chi connectivity index (χ0v) is 12.0. The van der Waals surface area contributed by atoms with Crippen molar-refractivity contribution in [3.63, 3.8) is 0 Å². The average Bonchev–Trinajstić information content (AvgIpc) is 2.70. The highest BCUT2D eigenvalue weighted by Crippen LogP contribution is 2.11. The highest BCUT2D eigenvalue weighted by molar-refractivity contribution is 5.97. The van der Waals surface area contributed by atoms with Gasteiger partial charge in [0.15, 0.2) is 0 Å². The largest absolute Gasteiger partial charge is 0.396 e. The van der Waals surface area contributed by atoms with Crippen LogP contribution in [0.4, 0.5) is 5.69 Å². The quantitative estimate of drug-likeness (QED) is 0.699. The second kappa shape index (κ2) is 7.78. The van der Waals surface area contributed by atoms with Crippen LogP contribution in [-0.2, 0) is 11.3 Å². The lowest BCUT2D eigenvalue weighted by molar-refractivity contribution is 0.0756. The summed E-state index contributed by atoms with van der Waals surface area (Å²) in [7, 11) is 0. The summed E-state index contributed by atoms with van der Waals surface area (Å²) in [5.74, 6) is -0.173. The van der Waals surface area contributed by atoms with Gasteiger partial charge in [-0.05, 0) is 26.7 Å². The molecule has 6 heteroatoms. The number of amides is 1. The minimum Gasteiger partial charge on any atom is -0.396 e. The number of aromatic nitrogens is 2. The maximum Gasteiger partial charge on any atom is 0.271 e. The maximum atomic E-state index is 12.0. The molecule has 1 aromatic heterocycles. The molecule has 0 aromatic carbocycles. The molecule has 1 aromatic rings. The van der Waals surface area contributed by atoms with Crippen LogP contribution < -0.4 is 11.1 Å². The van der Waals surface area contributed by atoms with Gasteiger partial charge in [0, 0.05) is 19.7 Å². The third-order valence-electron chi connectivity index (χ3n) is 2.58. The van der Waals surface area contributed by atoms with Crippen molar-refractivity contribution in [2.75, 3.05) is 18.9 Å². The number of rotatable bonds is 8. The van der Waals surface area contributed by atoms with E-state index in [1.54, 1.807) is 4.68 Å². The first kappa shape index (κ1) is 15.5. The van der Waals surface area contributed by atoms with Crippen molar-refractivity contribution in [2.45, 2.75) is 46.3 Å². The van der Waals surface area contributed by atoms with Crippen LogP contribution >= 0.6 is 0 Å². The first-order valence-corrected chi connectivity index (χ1v) is 6.77. The third-order valence-corrected chi connectivity index (χ3v) is 2.58. The van der Waals surface area contributed by atoms with Gasteiger partial charge in [-0.2, -0.15) is 5.10 Å². The molecule has 0 spiro atoms. The zero-order valence-electron chi connectivity index (χ0n) is 12.0. The Morgan fingerprint density at radius 1 is 1.58 bits per heavy atom. The van der Waals surface area contributed by atoms with E-state index >= 15 is 0 Å². The van der Waals surface area contributed by atoms with E-state index in [2.05, 4.69) is 10.4 Å². The van der Waals surface area contributed by atoms with Crippen LogP contribution in [0.15, 0.2) is 6.20 Å². The molecule has 1 amide bonds. The normalized spacial score (nSPS) is 10.9. The molecule has 0 atom stereocenters. The molecule has 6 nitrogen and oxygen atoms in total. The van der Waals surface area contributed by atoms with Crippen LogP contribution in [0.2, 0.25) is 0 Å². The highest BCUT2D eigenvalue weighted by atomic mass is 16.5. The smallest absolute Gasteiger partial charge is 0.271 e. The summed E-state index contributed by atoms with van der Waals surface area (Å²) in [5.41, 5.74) is 6.65. The van der Waals surface area contributed by atoms with Crippen molar-refractivity contribution in [2.24, 2.45) is 0 Å². The summed E-state index contributed by atoms with van der Waals surface area (Å²) in [5, 5.41) is 6.94. The number of aryl methyl sites for hydroxylation is 1. The minimum absolute atomic E-state index is 0.173. The van der Waals surface area contributed by atoms with Gasteiger partial charge in [-0.15, -0.1) is 0 Å². The van der Waals surface area contributed by atoms with Crippen molar-refractivity contribution in [3.05, 3.63) is 11.9 Å². The number of hydrogen-bond donors (Lipinski definition) is 2. The number of carbonyl (C=O) groups is 1. The topological polar surface area (TPSA) is 82.2 Å². The van der Waals surface area contributed by atoms with Gasteiger partial charge in [0.25, 0.3) is 5.91 Å². The number of hydrogen-bond acceptors (Lipinski definition) is 4. The Hall–Kier alpha value is -1.56. The molecule has 108 valence electrons. The molecular weight excluding hydrogens is 244 g/mol. The fourth-order valence-corrected chi connectivity index (χ4v) is 1.71. The van der Waals surface area contributed by atoms with Gasteiger partial charge in [-0.1, -0.05) is 6.92 Å². The number of nitrogens with zero attached hydrogens (tertiary/aromatic N) is 2. The Bertz CT molecular complexity index is 401. The van der Waals surface area contributed by atoms with Crippen LogP contribution in [0.3, 0.4) is 0 Å². The molecule has 0 bridgehead atoms. The van der Waals surface area contributed by atoms with Gasteiger partial charge in [-0.25, -0.2) is 0 Å². The van der Waals surface area contributed by atoms with E-state index in [9.17, 15) is 4.79 Å². The van der Waals surface area contributed by atoms with Gasteiger partial charge in [0.05, 0.1) is 18.0 Å². The van der Waals surface area contributed by atoms with Gasteiger partial charge in [0.2, 0.25) is 0 Å². The van der Waals surface area contributed by atoms with E-state index in [4.69, 9.17) is 10.5 Å². The van der Waals surface area contributed by atoms with Crippen molar-refractivity contribution < 1.29 is 9.53 Å². The average molecular weight is 268 g/mol. The van der Waals surface area contributed by atoms with Crippen molar-refractivity contribution >= 4 is 11.6 Å². The van der Waals surface area contributed by atoms with Crippen molar-refractivity contribution in [1.82, 2.24) is 15.1 Å². The second-order valence-corrected chi connectivity index (χ2v) is 4.70. The number of anilines is 1. The molecule has 3 N–H and O–H groups in total. The van der Waals surface area contributed by atoms with Crippen LogP contribution in [0.5, 0.6) is 0 Å². The third kappa shape index (κ3) is 4.90. The molecule has 0 aliphatic carbocycles. The molecule has 0 saturated carbocycles. The number of nitrogen functional groups attached to an aromatic ring is 1. The minimum atomic E-state index is -0.173. The molecule has 0 aliphatic rings. The highest BCUT2D eigenvalue weighted by Gasteiger charge is 2.15. The van der Waals surface area contributed by atoms with Gasteiger partial charge >= 0.3 is 0 Å².